The molecule has 1 spiro atoms. The molecule has 1 fully saturated rings. The fourth-order valence-electron chi connectivity index (χ4n) is 4.64. The van der Waals surface area contributed by atoms with Crippen LogP contribution in [0.15, 0.2) is 96.9 Å². The third-order valence-corrected chi connectivity index (χ3v) is 6.35. The van der Waals surface area contributed by atoms with Crippen LogP contribution in [0.3, 0.4) is 0 Å². The van der Waals surface area contributed by atoms with Gasteiger partial charge in [0.1, 0.15) is 0 Å². The average Bonchev–Trinajstić information content (AvgIpc) is 3.48. The largest absolute Gasteiger partial charge is 0.348 e. The molecule has 0 bridgehead atoms. The molecule has 1 aliphatic carbocycles. The Balaban J connectivity index is 1.53. The van der Waals surface area contributed by atoms with Crippen LogP contribution in [-0.4, -0.2) is 6.54 Å². The number of hydrogen-bond acceptors (Lipinski definition) is 1. The molecule has 1 saturated carbocycles. The molecule has 29 heavy (non-hydrogen) atoms. The molecule has 1 unspecified atom stereocenters. The van der Waals surface area contributed by atoms with Gasteiger partial charge in [-0.15, -0.1) is 0 Å². The molecule has 2 aromatic carbocycles. The van der Waals surface area contributed by atoms with Crippen molar-refractivity contribution < 1.29 is 4.57 Å². The van der Waals surface area contributed by atoms with E-state index in [0.29, 0.717) is 0 Å². The summed E-state index contributed by atoms with van der Waals surface area (Å²) >= 11 is 0. The van der Waals surface area contributed by atoms with Crippen molar-refractivity contribution in [1.29, 1.82) is 0 Å². The molecule has 2 heterocycles. The number of fused-ring (bicyclic) bond motifs is 3. The van der Waals surface area contributed by atoms with Gasteiger partial charge in [0.2, 0.25) is 5.52 Å². The van der Waals surface area contributed by atoms with Crippen LogP contribution in [0.25, 0.3) is 16.6 Å². The highest BCUT2D eigenvalue weighted by Gasteiger charge is 2.50. The van der Waals surface area contributed by atoms with E-state index in [-0.39, 0.29) is 5.41 Å². The zero-order valence-corrected chi connectivity index (χ0v) is 17.2. The van der Waals surface area contributed by atoms with Crippen LogP contribution in [0.1, 0.15) is 32.3 Å². The number of pyridine rings is 1. The van der Waals surface area contributed by atoms with E-state index < -0.39 is 0 Å². The van der Waals surface area contributed by atoms with Crippen LogP contribution < -0.4 is 9.47 Å². The molecular weight excluding hydrogens is 352 g/mol. The second-order valence-corrected chi connectivity index (χ2v) is 7.91. The van der Waals surface area contributed by atoms with Gasteiger partial charge in [-0.2, -0.15) is 4.57 Å². The topological polar surface area (TPSA) is 7.12 Å². The van der Waals surface area contributed by atoms with Crippen LogP contribution in [0.5, 0.6) is 0 Å². The molecular formula is C27H27N2+. The van der Waals surface area contributed by atoms with E-state index in [9.17, 15) is 0 Å². The lowest BCUT2D eigenvalue weighted by molar-refractivity contribution is -0.554. The molecule has 2 heteroatoms. The summed E-state index contributed by atoms with van der Waals surface area (Å²) < 4.78 is 2.32. The number of rotatable bonds is 4. The molecule has 1 aliphatic heterocycles. The number of anilines is 1. The van der Waals surface area contributed by atoms with E-state index in [1.54, 1.807) is 0 Å². The zero-order chi connectivity index (χ0) is 19.8. The molecule has 1 atom stereocenters. The molecule has 2 nitrogen and oxygen atoms in total. The van der Waals surface area contributed by atoms with Gasteiger partial charge in [-0.1, -0.05) is 55.0 Å². The maximum absolute atomic E-state index is 2.40. The molecule has 2 aliphatic rings. The van der Waals surface area contributed by atoms with Crippen molar-refractivity contribution in [2.24, 2.45) is 0 Å². The number of hydrogen-bond donors (Lipinski definition) is 0. The van der Waals surface area contributed by atoms with Gasteiger partial charge < -0.3 is 4.90 Å². The van der Waals surface area contributed by atoms with Crippen molar-refractivity contribution in [2.45, 2.75) is 32.1 Å². The fourth-order valence-corrected chi connectivity index (χ4v) is 4.64. The van der Waals surface area contributed by atoms with E-state index in [1.807, 2.05) is 0 Å². The lowest BCUT2D eigenvalue weighted by Crippen LogP contribution is -2.32. The minimum absolute atomic E-state index is 0.0983. The zero-order valence-electron chi connectivity index (χ0n) is 17.2. The summed E-state index contributed by atoms with van der Waals surface area (Å²) in [6.07, 6.45) is 13.6. The highest BCUT2D eigenvalue weighted by Crippen LogP contribution is 2.59. The van der Waals surface area contributed by atoms with Gasteiger partial charge in [0.05, 0.1) is 0 Å². The van der Waals surface area contributed by atoms with E-state index in [1.165, 1.54) is 33.4 Å². The summed E-state index contributed by atoms with van der Waals surface area (Å²) in [6, 6.07) is 21.8. The molecule has 5 rings (SSSR count). The van der Waals surface area contributed by atoms with E-state index in [2.05, 4.69) is 115 Å². The first-order valence-corrected chi connectivity index (χ1v) is 10.6. The van der Waals surface area contributed by atoms with E-state index in [0.717, 1.165) is 19.4 Å². The van der Waals surface area contributed by atoms with Crippen LogP contribution >= 0.6 is 0 Å². The Morgan fingerprint density at radius 3 is 2.69 bits per heavy atom. The number of aromatic nitrogens is 1. The molecule has 0 saturated heterocycles. The number of allylic oxidation sites excluding steroid dienone is 5. The van der Waals surface area contributed by atoms with Crippen molar-refractivity contribution >= 4 is 22.3 Å². The lowest BCUT2D eigenvalue weighted by Gasteiger charge is -2.29. The first-order chi connectivity index (χ1) is 14.3. The van der Waals surface area contributed by atoms with Gasteiger partial charge in [0.15, 0.2) is 11.9 Å². The highest BCUT2D eigenvalue weighted by atomic mass is 15.1. The van der Waals surface area contributed by atoms with Gasteiger partial charge in [-0.3, -0.25) is 0 Å². The third-order valence-electron chi connectivity index (χ3n) is 6.35. The Morgan fingerprint density at radius 1 is 1.03 bits per heavy atom. The molecule has 1 aromatic heterocycles. The van der Waals surface area contributed by atoms with Crippen molar-refractivity contribution in [3.8, 4) is 0 Å². The van der Waals surface area contributed by atoms with Gasteiger partial charge in [0, 0.05) is 53.9 Å². The molecule has 0 amide bonds. The van der Waals surface area contributed by atoms with Crippen molar-refractivity contribution in [3.63, 3.8) is 0 Å². The van der Waals surface area contributed by atoms with Crippen LogP contribution in [-0.2, 0) is 5.41 Å². The maximum atomic E-state index is 2.40. The van der Waals surface area contributed by atoms with Crippen molar-refractivity contribution in [3.05, 3.63) is 102 Å². The van der Waals surface area contributed by atoms with Crippen molar-refractivity contribution in [2.75, 3.05) is 11.4 Å². The summed E-state index contributed by atoms with van der Waals surface area (Å²) in [5.41, 5.74) is 6.97. The second-order valence-electron chi connectivity index (χ2n) is 7.91. The molecule has 144 valence electrons. The Hall–Kier alpha value is -3.13. The summed E-state index contributed by atoms with van der Waals surface area (Å²) in [6.45, 7) is 5.44. The second kappa shape index (κ2) is 7.04. The predicted octanol–water partition coefficient (Wildman–Crippen LogP) is 6.00. The predicted molar refractivity (Wildman–Crippen MR) is 122 cm³/mol. The van der Waals surface area contributed by atoms with Crippen LogP contribution in [0.2, 0.25) is 0 Å². The summed E-state index contributed by atoms with van der Waals surface area (Å²) in [4.78, 5) is 2.34. The fraction of sp³-hybridized carbons (Fsp3) is 0.222. The van der Waals surface area contributed by atoms with Crippen molar-refractivity contribution in [1.82, 2.24) is 0 Å². The normalized spacial score (nSPS) is 21.8. The van der Waals surface area contributed by atoms with Crippen LogP contribution in [0.4, 0.5) is 5.69 Å². The molecule has 0 radical (unpaired) electrons. The van der Waals surface area contributed by atoms with Gasteiger partial charge in [-0.25, -0.2) is 0 Å². The Morgan fingerprint density at radius 2 is 1.83 bits per heavy atom. The summed E-state index contributed by atoms with van der Waals surface area (Å²) in [7, 11) is 0. The van der Waals surface area contributed by atoms with Crippen LogP contribution in [0, 0.1) is 0 Å². The smallest absolute Gasteiger partial charge is 0.218 e. The standard InChI is InChI=1S/C27H27N2/c1-3-23(29-18-9-11-21-10-5-7-13-25(21)29)16-15-22-20-27(22)17-19-28(4-2)26-14-8-6-12-24(26)27/h5-19H,3-4,20H2,1-2H3/q+1. The number of para-hydroxylation sites is 2. The average molecular weight is 380 g/mol. The third kappa shape index (κ3) is 2.91. The monoisotopic (exact) mass is 379 g/mol. The quantitative estimate of drug-likeness (QED) is 0.504. The van der Waals surface area contributed by atoms with E-state index >= 15 is 0 Å². The van der Waals surface area contributed by atoms with E-state index in [4.69, 9.17) is 0 Å². The van der Waals surface area contributed by atoms with Gasteiger partial charge in [0.25, 0.3) is 0 Å². The Bertz CT molecular complexity index is 1160. The number of benzene rings is 2. The summed E-state index contributed by atoms with van der Waals surface area (Å²) in [5, 5.41) is 1.27. The minimum atomic E-state index is 0.0983. The SMILES string of the molecule is CCC(=CC=C1CC12C=CN(CC)c1ccccc12)[n+]1cccc2ccccc21. The highest BCUT2D eigenvalue weighted by molar-refractivity contribution is 5.76. The summed E-state index contributed by atoms with van der Waals surface area (Å²) in [5.74, 6) is 0. The minimum Gasteiger partial charge on any atom is -0.348 e. The van der Waals surface area contributed by atoms with Gasteiger partial charge >= 0.3 is 0 Å². The first-order valence-electron chi connectivity index (χ1n) is 10.6. The maximum Gasteiger partial charge on any atom is 0.218 e. The van der Waals surface area contributed by atoms with Gasteiger partial charge in [-0.05, 0) is 37.1 Å². The molecule has 3 aromatic rings. The first kappa shape index (κ1) is 17.9. The Labute approximate surface area is 173 Å². The molecule has 0 N–H and O–H groups in total. The number of nitrogens with zero attached hydrogens (tertiary/aromatic N) is 2. The Kier molecular flexibility index (Phi) is 4.35. The lowest BCUT2D eigenvalue weighted by atomic mass is 9.90.